The summed E-state index contributed by atoms with van der Waals surface area (Å²) in [7, 11) is 1.75. The van der Waals surface area contributed by atoms with Gasteiger partial charge in [-0.2, -0.15) is 0 Å². The number of halogens is 1. The molecular formula is C13H17BrN2O3S. The van der Waals surface area contributed by atoms with Gasteiger partial charge in [-0.15, -0.1) is 11.3 Å². The van der Waals surface area contributed by atoms with Crippen LogP contribution in [0.2, 0.25) is 0 Å². The van der Waals surface area contributed by atoms with Crippen molar-refractivity contribution in [3.63, 3.8) is 0 Å². The van der Waals surface area contributed by atoms with Gasteiger partial charge in [0.1, 0.15) is 0 Å². The summed E-state index contributed by atoms with van der Waals surface area (Å²) in [5, 5.41) is 11.0. The van der Waals surface area contributed by atoms with Crippen LogP contribution in [0.1, 0.15) is 17.7 Å². The molecule has 110 valence electrons. The molecule has 1 aliphatic rings. The third-order valence-electron chi connectivity index (χ3n) is 3.38. The Hall–Kier alpha value is -1.08. The van der Waals surface area contributed by atoms with Crippen molar-refractivity contribution in [3.05, 3.63) is 20.8 Å². The lowest BCUT2D eigenvalue weighted by molar-refractivity contribution is -0.143. The number of carboxylic acid groups (broad SMARTS) is 1. The lowest BCUT2D eigenvalue weighted by atomic mass is 9.99. The Labute approximate surface area is 130 Å². The van der Waals surface area contributed by atoms with Crippen molar-refractivity contribution in [2.45, 2.75) is 19.4 Å². The van der Waals surface area contributed by atoms with E-state index >= 15 is 0 Å². The maximum absolute atomic E-state index is 12.3. The Balaban J connectivity index is 1.94. The van der Waals surface area contributed by atoms with Gasteiger partial charge in [0.05, 0.1) is 12.5 Å². The molecule has 2 amide bonds. The molecule has 7 heteroatoms. The first-order valence-corrected chi connectivity index (χ1v) is 8.10. The predicted molar refractivity (Wildman–Crippen MR) is 80.8 cm³/mol. The van der Waals surface area contributed by atoms with E-state index in [4.69, 9.17) is 5.11 Å². The van der Waals surface area contributed by atoms with Crippen LogP contribution in [0.5, 0.6) is 0 Å². The van der Waals surface area contributed by atoms with Gasteiger partial charge in [-0.1, -0.05) is 0 Å². The van der Waals surface area contributed by atoms with Gasteiger partial charge in [0.15, 0.2) is 0 Å². The van der Waals surface area contributed by atoms with E-state index in [0.29, 0.717) is 26.1 Å². The first-order chi connectivity index (χ1) is 9.47. The molecule has 1 atom stereocenters. The minimum absolute atomic E-state index is 0.0968. The number of piperidine rings is 1. The predicted octanol–water partition coefficient (Wildman–Crippen LogP) is 2.86. The summed E-state index contributed by atoms with van der Waals surface area (Å²) in [6.45, 7) is 1.50. The molecule has 2 rings (SSSR count). The van der Waals surface area contributed by atoms with Gasteiger partial charge in [0, 0.05) is 34.9 Å². The molecule has 1 aromatic heterocycles. The summed E-state index contributed by atoms with van der Waals surface area (Å²) in [5.74, 6) is -1.25. The zero-order chi connectivity index (χ0) is 14.7. The molecule has 0 radical (unpaired) electrons. The number of nitrogens with zero attached hydrogens (tertiary/aromatic N) is 2. The number of carbonyl (C=O) groups excluding carboxylic acids is 1. The molecule has 1 N–H and O–H groups in total. The van der Waals surface area contributed by atoms with E-state index in [9.17, 15) is 9.59 Å². The van der Waals surface area contributed by atoms with Gasteiger partial charge in [0.25, 0.3) is 0 Å². The number of amides is 2. The molecule has 0 bridgehead atoms. The van der Waals surface area contributed by atoms with Crippen LogP contribution in [0, 0.1) is 5.92 Å². The number of carboxylic acids is 1. The highest BCUT2D eigenvalue weighted by molar-refractivity contribution is 9.10. The van der Waals surface area contributed by atoms with E-state index in [1.165, 1.54) is 0 Å². The van der Waals surface area contributed by atoms with E-state index in [1.807, 2.05) is 11.4 Å². The van der Waals surface area contributed by atoms with E-state index in [2.05, 4.69) is 15.9 Å². The third-order valence-corrected chi connectivity index (χ3v) is 5.06. The van der Waals surface area contributed by atoms with Crippen molar-refractivity contribution in [1.29, 1.82) is 0 Å². The van der Waals surface area contributed by atoms with Crippen molar-refractivity contribution in [1.82, 2.24) is 9.80 Å². The molecular weight excluding hydrogens is 344 g/mol. The molecule has 5 nitrogen and oxygen atoms in total. The standard InChI is InChI=1S/C13H17BrN2O3S/c1-15(7-11-5-10(14)8-20-11)13(19)16-4-2-3-9(6-16)12(17)18/h5,8-9H,2-4,6-7H2,1H3,(H,17,18). The van der Waals surface area contributed by atoms with Crippen molar-refractivity contribution in [2.75, 3.05) is 20.1 Å². The number of urea groups is 1. The summed E-state index contributed by atoms with van der Waals surface area (Å²) in [5.41, 5.74) is 0. The fourth-order valence-corrected chi connectivity index (χ4v) is 3.84. The smallest absolute Gasteiger partial charge is 0.320 e. The maximum Gasteiger partial charge on any atom is 0.320 e. The molecule has 1 saturated heterocycles. The molecule has 2 heterocycles. The molecule has 1 unspecified atom stereocenters. The van der Waals surface area contributed by atoms with Crippen molar-refractivity contribution >= 4 is 39.3 Å². The average Bonchev–Trinajstić information content (AvgIpc) is 2.83. The van der Waals surface area contributed by atoms with E-state index in [-0.39, 0.29) is 6.03 Å². The van der Waals surface area contributed by atoms with E-state index in [1.54, 1.807) is 28.2 Å². The monoisotopic (exact) mass is 360 g/mol. The number of rotatable bonds is 3. The minimum Gasteiger partial charge on any atom is -0.481 e. The van der Waals surface area contributed by atoms with Crippen molar-refractivity contribution < 1.29 is 14.7 Å². The fraction of sp³-hybridized carbons (Fsp3) is 0.538. The normalized spacial score (nSPS) is 18.9. The van der Waals surface area contributed by atoms with Crippen LogP contribution < -0.4 is 0 Å². The van der Waals surface area contributed by atoms with Crippen LogP contribution in [-0.2, 0) is 11.3 Å². The number of hydrogen-bond donors (Lipinski definition) is 1. The highest BCUT2D eigenvalue weighted by atomic mass is 79.9. The van der Waals surface area contributed by atoms with Crippen LogP contribution in [-0.4, -0.2) is 47.0 Å². The summed E-state index contributed by atoms with van der Waals surface area (Å²) in [6, 6.07) is 1.89. The topological polar surface area (TPSA) is 60.9 Å². The second kappa shape index (κ2) is 6.58. The molecule has 20 heavy (non-hydrogen) atoms. The van der Waals surface area contributed by atoms with Crippen molar-refractivity contribution in [2.24, 2.45) is 5.92 Å². The SMILES string of the molecule is CN(Cc1cc(Br)cs1)C(=O)N1CCCC(C(=O)O)C1. The van der Waals surface area contributed by atoms with Gasteiger partial charge in [-0.3, -0.25) is 4.79 Å². The lowest BCUT2D eigenvalue weighted by Gasteiger charge is -2.33. The first kappa shape index (κ1) is 15.3. The molecule has 1 aromatic rings. The molecule has 0 aliphatic carbocycles. The Morgan fingerprint density at radius 3 is 2.95 bits per heavy atom. The van der Waals surface area contributed by atoms with Crippen LogP contribution in [0.4, 0.5) is 4.79 Å². The number of aliphatic carboxylic acids is 1. The van der Waals surface area contributed by atoms with Gasteiger partial charge >= 0.3 is 12.0 Å². The quantitative estimate of drug-likeness (QED) is 0.901. The number of carbonyl (C=O) groups is 2. The van der Waals surface area contributed by atoms with Crippen LogP contribution in [0.3, 0.4) is 0 Å². The van der Waals surface area contributed by atoms with Crippen LogP contribution >= 0.6 is 27.3 Å². The van der Waals surface area contributed by atoms with Gasteiger partial charge < -0.3 is 14.9 Å². The Morgan fingerprint density at radius 2 is 2.35 bits per heavy atom. The van der Waals surface area contributed by atoms with Gasteiger partial charge in [0.2, 0.25) is 0 Å². The van der Waals surface area contributed by atoms with Gasteiger partial charge in [-0.25, -0.2) is 4.79 Å². The Morgan fingerprint density at radius 1 is 1.60 bits per heavy atom. The highest BCUT2D eigenvalue weighted by Crippen LogP contribution is 2.22. The largest absolute Gasteiger partial charge is 0.481 e. The highest BCUT2D eigenvalue weighted by Gasteiger charge is 2.29. The maximum atomic E-state index is 12.3. The average molecular weight is 361 g/mol. The number of thiophene rings is 1. The van der Waals surface area contributed by atoms with Crippen molar-refractivity contribution in [3.8, 4) is 0 Å². The summed E-state index contributed by atoms with van der Waals surface area (Å²) in [4.78, 5) is 27.7. The lowest BCUT2D eigenvalue weighted by Crippen LogP contribution is -2.47. The molecule has 0 aromatic carbocycles. The molecule has 0 spiro atoms. The number of hydrogen-bond acceptors (Lipinski definition) is 3. The fourth-order valence-electron chi connectivity index (χ4n) is 2.33. The third kappa shape index (κ3) is 3.73. The van der Waals surface area contributed by atoms with E-state index in [0.717, 1.165) is 15.8 Å². The Kier molecular flexibility index (Phi) is 5.04. The zero-order valence-corrected chi connectivity index (χ0v) is 13.6. The first-order valence-electron chi connectivity index (χ1n) is 6.43. The van der Waals surface area contributed by atoms with Crippen LogP contribution in [0.25, 0.3) is 0 Å². The second-order valence-electron chi connectivity index (χ2n) is 4.99. The Bertz CT molecular complexity index is 506. The zero-order valence-electron chi connectivity index (χ0n) is 11.2. The minimum atomic E-state index is -0.813. The number of likely N-dealkylation sites (tertiary alicyclic amines) is 1. The van der Waals surface area contributed by atoms with Crippen LogP contribution in [0.15, 0.2) is 15.9 Å². The van der Waals surface area contributed by atoms with E-state index < -0.39 is 11.9 Å². The summed E-state index contributed by atoms with van der Waals surface area (Å²) < 4.78 is 1.02. The molecule has 1 aliphatic heterocycles. The second-order valence-corrected chi connectivity index (χ2v) is 6.90. The van der Waals surface area contributed by atoms with Gasteiger partial charge in [-0.05, 0) is 34.8 Å². The summed E-state index contributed by atoms with van der Waals surface area (Å²) in [6.07, 6.45) is 1.40. The summed E-state index contributed by atoms with van der Waals surface area (Å²) >= 11 is 4.98. The molecule has 1 fully saturated rings. The molecule has 0 saturated carbocycles.